The molecule has 1 unspecified atom stereocenters. The number of alkyl halides is 3. The van der Waals surface area contributed by atoms with Crippen molar-refractivity contribution in [3.05, 3.63) is 59.1 Å². The van der Waals surface area contributed by atoms with Crippen LogP contribution in [0.15, 0.2) is 48.5 Å². The van der Waals surface area contributed by atoms with Gasteiger partial charge in [-0.15, -0.1) is 0 Å². The van der Waals surface area contributed by atoms with Crippen molar-refractivity contribution >= 4 is 23.7 Å². The molecule has 0 fully saturated rings. The van der Waals surface area contributed by atoms with E-state index in [9.17, 15) is 27.9 Å². The Morgan fingerprint density at radius 3 is 2.34 bits per heavy atom. The topological polar surface area (TPSA) is 94.5 Å². The van der Waals surface area contributed by atoms with Crippen molar-refractivity contribution in [3.8, 4) is 11.5 Å². The molecular weight excluding hydrogens is 531 g/mol. The van der Waals surface area contributed by atoms with E-state index in [1.807, 2.05) is 0 Å². The van der Waals surface area contributed by atoms with Crippen molar-refractivity contribution in [1.82, 2.24) is 4.90 Å². The number of benzene rings is 2. The number of ether oxygens (including phenoxy) is 4. The molecule has 0 spiro atoms. The fourth-order valence-corrected chi connectivity index (χ4v) is 3.43. The second-order valence-corrected chi connectivity index (χ2v) is 8.50. The van der Waals surface area contributed by atoms with Crippen LogP contribution in [0.25, 0.3) is 0 Å². The number of hydrogen-bond acceptors (Lipinski definition) is 6. The van der Waals surface area contributed by atoms with E-state index in [-0.39, 0.29) is 63.1 Å². The van der Waals surface area contributed by atoms with Crippen LogP contribution in [0.5, 0.6) is 11.5 Å². The van der Waals surface area contributed by atoms with Crippen molar-refractivity contribution < 1.29 is 46.8 Å². The molecule has 0 aliphatic rings. The average Bonchev–Trinajstić information content (AvgIpc) is 2.86. The van der Waals surface area contributed by atoms with Gasteiger partial charge in [-0.1, -0.05) is 35.9 Å². The second-order valence-electron chi connectivity index (χ2n) is 8.10. The van der Waals surface area contributed by atoms with Gasteiger partial charge in [-0.25, -0.2) is 9.59 Å². The third-order valence-corrected chi connectivity index (χ3v) is 5.48. The summed E-state index contributed by atoms with van der Waals surface area (Å²) < 4.78 is 58.4. The first-order valence-corrected chi connectivity index (χ1v) is 12.4. The van der Waals surface area contributed by atoms with Crippen molar-refractivity contribution in [3.63, 3.8) is 0 Å². The fraction of sp³-hybridized carbons (Fsp3) is 0.462. The Hall–Kier alpha value is -3.02. The summed E-state index contributed by atoms with van der Waals surface area (Å²) in [6.07, 6.45) is -6.82. The predicted octanol–water partition coefficient (Wildman–Crippen LogP) is 5.61. The van der Waals surface area contributed by atoms with Crippen molar-refractivity contribution in [2.75, 3.05) is 39.5 Å². The maximum atomic E-state index is 12.7. The average molecular weight is 562 g/mol. The minimum Gasteiger partial charge on any atom is -0.492 e. The molecule has 2 aromatic carbocycles. The first kappa shape index (κ1) is 31.2. The zero-order valence-corrected chi connectivity index (χ0v) is 21.7. The van der Waals surface area contributed by atoms with Crippen LogP contribution in [0.4, 0.5) is 18.0 Å². The maximum absolute atomic E-state index is 12.7. The molecule has 210 valence electrons. The number of amides is 1. The summed E-state index contributed by atoms with van der Waals surface area (Å²) >= 11 is 6.06. The smallest absolute Gasteiger partial charge is 0.415 e. The number of para-hydroxylation sites is 1. The minimum atomic E-state index is -4.25. The lowest BCUT2D eigenvalue weighted by Crippen LogP contribution is -2.39. The molecule has 1 N–H and O–H groups in total. The fourth-order valence-electron chi connectivity index (χ4n) is 3.26. The molecule has 0 saturated carbocycles. The van der Waals surface area contributed by atoms with Crippen LogP contribution < -0.4 is 9.47 Å². The molecule has 0 bridgehead atoms. The first-order chi connectivity index (χ1) is 18.1. The maximum Gasteiger partial charge on any atom is 0.415 e. The Kier molecular flexibility index (Phi) is 13.2. The molecule has 0 aliphatic heterocycles. The third-order valence-electron chi connectivity index (χ3n) is 5.16. The standard InChI is InChI=1S/C26H31ClF3NO7/c1-2-36-23(24(32)33)18-19-8-10-20(11-9-19)37-17-14-31(13-16-35-15-5-12-26(28,29)30)25(34)38-22-7-4-3-6-21(22)27/h3-4,6-11,23H,2,5,12-18H2,1H3,(H,32,33). The van der Waals surface area contributed by atoms with Gasteiger partial charge >= 0.3 is 18.2 Å². The van der Waals surface area contributed by atoms with E-state index in [4.69, 9.17) is 30.5 Å². The van der Waals surface area contributed by atoms with Gasteiger partial charge in [-0.3, -0.25) is 0 Å². The van der Waals surface area contributed by atoms with E-state index in [1.165, 1.54) is 11.0 Å². The zero-order chi connectivity index (χ0) is 28.0. The predicted molar refractivity (Wildman–Crippen MR) is 134 cm³/mol. The van der Waals surface area contributed by atoms with Gasteiger partial charge in [0, 0.05) is 32.6 Å². The molecule has 0 heterocycles. The van der Waals surface area contributed by atoms with Gasteiger partial charge in [-0.05, 0) is 43.2 Å². The van der Waals surface area contributed by atoms with Crippen LogP contribution in [-0.2, 0) is 20.7 Å². The van der Waals surface area contributed by atoms with E-state index in [0.717, 1.165) is 5.56 Å². The summed E-state index contributed by atoms with van der Waals surface area (Å²) in [7, 11) is 0. The number of hydrogen-bond donors (Lipinski definition) is 1. The van der Waals surface area contributed by atoms with Crippen LogP contribution in [0.2, 0.25) is 5.02 Å². The highest BCUT2D eigenvalue weighted by Crippen LogP contribution is 2.24. The van der Waals surface area contributed by atoms with E-state index < -0.39 is 30.8 Å². The summed E-state index contributed by atoms with van der Waals surface area (Å²) in [6, 6.07) is 13.2. The molecule has 38 heavy (non-hydrogen) atoms. The molecular formula is C26H31ClF3NO7. The van der Waals surface area contributed by atoms with Gasteiger partial charge < -0.3 is 29.0 Å². The van der Waals surface area contributed by atoms with Crippen LogP contribution in [0, 0.1) is 0 Å². The Morgan fingerprint density at radius 1 is 1.03 bits per heavy atom. The summed E-state index contributed by atoms with van der Waals surface area (Å²) in [5.74, 6) is -0.376. The Bertz CT molecular complexity index is 1010. The Morgan fingerprint density at radius 2 is 1.71 bits per heavy atom. The SMILES string of the molecule is CCOC(Cc1ccc(OCCN(CCOCCCC(F)(F)F)C(=O)Oc2ccccc2Cl)cc1)C(=O)O. The lowest BCUT2D eigenvalue weighted by molar-refractivity contribution is -0.150. The molecule has 0 aromatic heterocycles. The molecule has 2 rings (SSSR count). The number of carboxylic acids is 1. The first-order valence-electron chi connectivity index (χ1n) is 12.0. The van der Waals surface area contributed by atoms with Crippen molar-refractivity contribution in [2.45, 2.75) is 38.5 Å². The molecule has 1 atom stereocenters. The lowest BCUT2D eigenvalue weighted by atomic mass is 10.1. The van der Waals surface area contributed by atoms with E-state index in [0.29, 0.717) is 5.75 Å². The quantitative estimate of drug-likeness (QED) is 0.266. The van der Waals surface area contributed by atoms with Crippen molar-refractivity contribution in [1.29, 1.82) is 0 Å². The van der Waals surface area contributed by atoms with Gasteiger partial charge in [0.2, 0.25) is 0 Å². The van der Waals surface area contributed by atoms with E-state index >= 15 is 0 Å². The number of halogens is 4. The van der Waals surface area contributed by atoms with Crippen molar-refractivity contribution in [2.24, 2.45) is 0 Å². The Labute approximate surface area is 224 Å². The third kappa shape index (κ3) is 12.0. The molecule has 1 amide bonds. The number of aliphatic carboxylic acids is 1. The molecule has 0 radical (unpaired) electrons. The normalized spacial score (nSPS) is 12.1. The number of carbonyl (C=O) groups excluding carboxylic acids is 1. The van der Waals surface area contributed by atoms with Gasteiger partial charge in [0.1, 0.15) is 12.4 Å². The minimum absolute atomic E-state index is 0.00868. The lowest BCUT2D eigenvalue weighted by Gasteiger charge is -2.22. The monoisotopic (exact) mass is 561 g/mol. The van der Waals surface area contributed by atoms with E-state index in [1.54, 1.807) is 49.4 Å². The summed E-state index contributed by atoms with van der Waals surface area (Å²) in [4.78, 5) is 25.3. The van der Waals surface area contributed by atoms with Crippen LogP contribution in [0.1, 0.15) is 25.3 Å². The summed E-state index contributed by atoms with van der Waals surface area (Å²) in [5, 5.41) is 9.47. The van der Waals surface area contributed by atoms with E-state index in [2.05, 4.69) is 0 Å². The number of rotatable bonds is 16. The molecule has 0 saturated heterocycles. The molecule has 0 aliphatic carbocycles. The highest BCUT2D eigenvalue weighted by Gasteiger charge is 2.26. The largest absolute Gasteiger partial charge is 0.492 e. The summed E-state index contributed by atoms with van der Waals surface area (Å²) in [5.41, 5.74) is 0.755. The van der Waals surface area contributed by atoms with Gasteiger partial charge in [0.05, 0.1) is 18.2 Å². The van der Waals surface area contributed by atoms with Gasteiger partial charge in [0.15, 0.2) is 11.9 Å². The van der Waals surface area contributed by atoms with Gasteiger partial charge in [0.25, 0.3) is 0 Å². The highest BCUT2D eigenvalue weighted by molar-refractivity contribution is 6.32. The number of carbonyl (C=O) groups is 2. The van der Waals surface area contributed by atoms with Crippen LogP contribution in [-0.4, -0.2) is 73.9 Å². The zero-order valence-electron chi connectivity index (χ0n) is 20.9. The van der Waals surface area contributed by atoms with Crippen LogP contribution in [0.3, 0.4) is 0 Å². The van der Waals surface area contributed by atoms with Gasteiger partial charge in [-0.2, -0.15) is 13.2 Å². The number of carboxylic acid groups (broad SMARTS) is 1. The summed E-state index contributed by atoms with van der Waals surface area (Å²) in [6.45, 7) is 2.17. The second kappa shape index (κ2) is 16.1. The molecule has 12 heteroatoms. The number of nitrogens with zero attached hydrogens (tertiary/aromatic N) is 1. The molecule has 8 nitrogen and oxygen atoms in total. The van der Waals surface area contributed by atoms with Crippen LogP contribution >= 0.6 is 11.6 Å². The Balaban J connectivity index is 1.90. The molecule has 2 aromatic rings. The highest BCUT2D eigenvalue weighted by atomic mass is 35.5.